The van der Waals surface area contributed by atoms with Gasteiger partial charge in [0.15, 0.2) is 16.6 Å². The highest BCUT2D eigenvalue weighted by atomic mass is 16.5. The van der Waals surface area contributed by atoms with Crippen molar-refractivity contribution in [3.8, 4) is 16.9 Å². The predicted molar refractivity (Wildman–Crippen MR) is 175 cm³/mol. The molecule has 2 aliphatic carbocycles. The lowest BCUT2D eigenvalue weighted by molar-refractivity contribution is 0.0491. The minimum absolute atomic E-state index is 0.0247. The largest absolute Gasteiger partial charge is 0.462 e. The zero-order chi connectivity index (χ0) is 32.7. The van der Waals surface area contributed by atoms with Crippen molar-refractivity contribution >= 4 is 61.0 Å². The van der Waals surface area contributed by atoms with Crippen LogP contribution in [0.3, 0.4) is 0 Å². The molecular weight excluding hydrogens is 588 g/mol. The number of unbranched alkanes of at least 4 members (excludes halogenated alkanes) is 3. The number of hydrogen-bond donors (Lipinski definition) is 0. The minimum atomic E-state index is -0.684. The van der Waals surface area contributed by atoms with E-state index in [1.165, 1.54) is 36.4 Å². The smallest absolute Gasteiger partial charge is 0.338 e. The van der Waals surface area contributed by atoms with Gasteiger partial charge in [0.2, 0.25) is 0 Å². The molecule has 0 aliphatic heterocycles. The van der Waals surface area contributed by atoms with E-state index in [-0.39, 0.29) is 68.8 Å². The van der Waals surface area contributed by atoms with Crippen LogP contribution in [0.5, 0.6) is 5.75 Å². The maximum absolute atomic E-state index is 14.2. The Morgan fingerprint density at radius 3 is 1.17 bits per heavy atom. The molecule has 9 heteroatoms. The summed E-state index contributed by atoms with van der Waals surface area (Å²) in [5.41, 5.74) is -0.212. The lowest BCUT2D eigenvalue weighted by Gasteiger charge is -2.22. The van der Waals surface area contributed by atoms with Crippen molar-refractivity contribution in [1.82, 2.24) is 0 Å². The van der Waals surface area contributed by atoms with Crippen molar-refractivity contribution in [1.29, 1.82) is 0 Å². The highest BCUT2D eigenvalue weighted by Crippen LogP contribution is 2.50. The second kappa shape index (κ2) is 12.4. The molecule has 4 aromatic carbocycles. The molecule has 0 heterocycles. The molecule has 0 N–H and O–H groups in total. The molecule has 0 atom stereocenters. The van der Waals surface area contributed by atoms with Crippen LogP contribution in [0.4, 0.5) is 0 Å². The Balaban J connectivity index is 1.73. The SMILES string of the molecule is CCCCOC(=O)c1cc2c3c(c1)c(=O)c1cc(C(=O)OCCCC)cc4c([O])c5cc(C(=O)OCCCC)cc(c2=O)c5c-3c41. The van der Waals surface area contributed by atoms with Crippen LogP contribution in [-0.4, -0.2) is 37.7 Å². The summed E-state index contributed by atoms with van der Waals surface area (Å²) in [7, 11) is 0. The van der Waals surface area contributed by atoms with Crippen LogP contribution in [0, 0.1) is 0 Å². The van der Waals surface area contributed by atoms with Crippen molar-refractivity contribution in [2.24, 2.45) is 0 Å². The summed E-state index contributed by atoms with van der Waals surface area (Å²) in [5.74, 6) is -2.59. The van der Waals surface area contributed by atoms with Crippen LogP contribution in [0.25, 0.3) is 54.2 Å². The summed E-state index contributed by atoms with van der Waals surface area (Å²) >= 11 is 0. The molecular formula is C37H33O9. The fraction of sp³-hybridized carbons (Fsp3) is 0.324. The first-order valence-corrected chi connectivity index (χ1v) is 15.8. The molecule has 6 rings (SSSR count). The molecule has 0 saturated carbocycles. The van der Waals surface area contributed by atoms with Crippen molar-refractivity contribution in [2.75, 3.05) is 19.8 Å². The van der Waals surface area contributed by atoms with Gasteiger partial charge in [-0.05, 0) is 55.7 Å². The van der Waals surface area contributed by atoms with Gasteiger partial charge in [0, 0.05) is 54.2 Å². The first-order valence-electron chi connectivity index (χ1n) is 15.8. The van der Waals surface area contributed by atoms with Gasteiger partial charge >= 0.3 is 17.9 Å². The molecule has 0 saturated heterocycles. The summed E-state index contributed by atoms with van der Waals surface area (Å²) < 4.78 is 16.2. The predicted octanol–water partition coefficient (Wildman–Crippen LogP) is 7.45. The molecule has 0 spiro atoms. The summed E-state index contributed by atoms with van der Waals surface area (Å²) in [4.78, 5) is 67.7. The van der Waals surface area contributed by atoms with Gasteiger partial charge in [-0.3, -0.25) is 14.7 Å². The van der Waals surface area contributed by atoms with Crippen molar-refractivity contribution < 1.29 is 33.7 Å². The Bertz CT molecular complexity index is 2060. The standard InChI is InChI=1S/C37H33O9/c1-4-7-10-44-35(41)19-13-22-28-23(14-19)33(39)25-16-21(37(43)46-12-9-6-3)18-27-30(25)31(28)29-24(32(22)38)15-20(17-26(29)34(27)40)36(42)45-11-8-5-2/h13-18H,4-12H2,1-3H3. The van der Waals surface area contributed by atoms with Crippen LogP contribution in [0.15, 0.2) is 46.0 Å². The third-order valence-electron chi connectivity index (χ3n) is 8.53. The number of rotatable bonds is 12. The van der Waals surface area contributed by atoms with Gasteiger partial charge in [-0.25, -0.2) is 14.4 Å². The fourth-order valence-corrected chi connectivity index (χ4v) is 6.15. The topological polar surface area (TPSA) is 133 Å². The normalized spacial score (nSPS) is 11.8. The van der Waals surface area contributed by atoms with E-state index in [0.29, 0.717) is 41.2 Å². The van der Waals surface area contributed by atoms with Crippen LogP contribution >= 0.6 is 0 Å². The van der Waals surface area contributed by atoms with E-state index in [9.17, 15) is 29.1 Å². The number of ether oxygens (including phenoxy) is 3. The molecule has 4 aromatic rings. The zero-order valence-electron chi connectivity index (χ0n) is 26.0. The van der Waals surface area contributed by atoms with Crippen LogP contribution < -0.4 is 10.9 Å². The van der Waals surface area contributed by atoms with E-state index in [0.717, 1.165) is 19.3 Å². The molecule has 0 fully saturated rings. The Kier molecular flexibility index (Phi) is 8.34. The Morgan fingerprint density at radius 2 is 0.826 bits per heavy atom. The van der Waals surface area contributed by atoms with Gasteiger partial charge in [0.05, 0.1) is 36.5 Å². The highest BCUT2D eigenvalue weighted by molar-refractivity contribution is 6.33. The number of esters is 3. The molecule has 2 aliphatic rings. The van der Waals surface area contributed by atoms with Gasteiger partial charge in [-0.15, -0.1) is 0 Å². The van der Waals surface area contributed by atoms with E-state index >= 15 is 0 Å². The lowest BCUT2D eigenvalue weighted by Crippen LogP contribution is -2.17. The molecule has 0 amide bonds. The van der Waals surface area contributed by atoms with Gasteiger partial charge in [0.25, 0.3) is 0 Å². The van der Waals surface area contributed by atoms with Gasteiger partial charge in [-0.1, -0.05) is 40.0 Å². The molecule has 235 valence electrons. The van der Waals surface area contributed by atoms with E-state index < -0.39 is 34.5 Å². The average molecular weight is 622 g/mol. The minimum Gasteiger partial charge on any atom is -0.462 e. The van der Waals surface area contributed by atoms with Gasteiger partial charge in [-0.2, -0.15) is 0 Å². The lowest BCUT2D eigenvalue weighted by atomic mass is 9.79. The number of carbonyl (C=O) groups excluding carboxylic acids is 3. The summed E-state index contributed by atoms with van der Waals surface area (Å²) in [6.45, 7) is 6.40. The van der Waals surface area contributed by atoms with Gasteiger partial charge < -0.3 is 14.2 Å². The average Bonchev–Trinajstić information content (AvgIpc) is 3.06. The van der Waals surface area contributed by atoms with Crippen LogP contribution in [0.2, 0.25) is 0 Å². The summed E-state index contributed by atoms with van der Waals surface area (Å²) in [6, 6.07) is 8.45. The molecule has 9 nitrogen and oxygen atoms in total. The van der Waals surface area contributed by atoms with E-state index in [2.05, 4.69) is 0 Å². The second-order valence-electron chi connectivity index (χ2n) is 11.7. The molecule has 1 radical (unpaired) electrons. The third-order valence-corrected chi connectivity index (χ3v) is 8.53. The maximum atomic E-state index is 14.2. The fourth-order valence-electron chi connectivity index (χ4n) is 6.15. The van der Waals surface area contributed by atoms with Crippen molar-refractivity contribution in [2.45, 2.75) is 59.3 Å². The number of hydrogen-bond acceptors (Lipinski definition) is 8. The van der Waals surface area contributed by atoms with Gasteiger partial charge in [0.1, 0.15) is 0 Å². The van der Waals surface area contributed by atoms with E-state index in [4.69, 9.17) is 14.2 Å². The first-order chi connectivity index (χ1) is 22.2. The molecule has 0 bridgehead atoms. The monoisotopic (exact) mass is 621 g/mol. The quantitative estimate of drug-likeness (QED) is 0.0452. The zero-order valence-corrected chi connectivity index (χ0v) is 26.0. The number of carbonyl (C=O) groups is 3. The van der Waals surface area contributed by atoms with Crippen LogP contribution in [-0.2, 0) is 19.3 Å². The summed E-state index contributed by atoms with van der Waals surface area (Å²) in [6.07, 6.45) is 4.36. The molecule has 0 unspecified atom stereocenters. The highest BCUT2D eigenvalue weighted by Gasteiger charge is 2.31. The first kappa shape index (κ1) is 31.0. The van der Waals surface area contributed by atoms with Crippen molar-refractivity contribution in [3.05, 3.63) is 73.5 Å². The number of benzene rings is 6. The Hall–Kier alpha value is -5.05. The summed E-state index contributed by atoms with van der Waals surface area (Å²) in [5, 5.41) is 15.3. The Morgan fingerprint density at radius 1 is 0.500 bits per heavy atom. The van der Waals surface area contributed by atoms with E-state index in [1.807, 2.05) is 20.8 Å². The maximum Gasteiger partial charge on any atom is 0.338 e. The molecule has 0 aromatic heterocycles. The van der Waals surface area contributed by atoms with Crippen LogP contribution in [0.1, 0.15) is 90.4 Å². The second-order valence-corrected chi connectivity index (χ2v) is 11.7. The van der Waals surface area contributed by atoms with Crippen molar-refractivity contribution in [3.63, 3.8) is 0 Å². The third kappa shape index (κ3) is 5.00. The van der Waals surface area contributed by atoms with E-state index in [1.54, 1.807) is 0 Å². The molecule has 46 heavy (non-hydrogen) atoms. The Labute approximate surface area is 264 Å².